The van der Waals surface area contributed by atoms with E-state index >= 15 is 0 Å². The van der Waals surface area contributed by atoms with Crippen molar-refractivity contribution in [3.63, 3.8) is 0 Å². The van der Waals surface area contributed by atoms with E-state index in [1.54, 1.807) is 20.8 Å². The van der Waals surface area contributed by atoms with Gasteiger partial charge < -0.3 is 5.32 Å². The SMILES string of the molecule is CC(C)(C)S(=O)(=O)NCC1CCC(Nc2ccc3ccccc3n2)CC1. The first-order valence-corrected chi connectivity index (χ1v) is 10.8. The number of anilines is 1. The number of para-hydroxylation sites is 1. The summed E-state index contributed by atoms with van der Waals surface area (Å²) >= 11 is 0. The van der Waals surface area contributed by atoms with Crippen molar-refractivity contribution in [1.82, 2.24) is 9.71 Å². The molecule has 0 bridgehead atoms. The van der Waals surface area contributed by atoms with E-state index in [1.807, 2.05) is 24.3 Å². The number of hydrogen-bond acceptors (Lipinski definition) is 4. The fraction of sp³-hybridized carbons (Fsp3) is 0.550. The van der Waals surface area contributed by atoms with Gasteiger partial charge in [0.1, 0.15) is 5.82 Å². The zero-order valence-electron chi connectivity index (χ0n) is 15.8. The summed E-state index contributed by atoms with van der Waals surface area (Å²) in [7, 11) is -3.26. The normalized spacial score (nSPS) is 21.7. The lowest BCUT2D eigenvalue weighted by atomic mass is 9.86. The Labute approximate surface area is 156 Å². The Morgan fingerprint density at radius 2 is 1.73 bits per heavy atom. The molecule has 0 unspecified atom stereocenters. The number of nitrogens with one attached hydrogen (secondary N) is 2. The van der Waals surface area contributed by atoms with Crippen molar-refractivity contribution in [2.24, 2.45) is 5.92 Å². The molecule has 0 atom stereocenters. The Balaban J connectivity index is 1.50. The maximum absolute atomic E-state index is 12.2. The van der Waals surface area contributed by atoms with E-state index in [2.05, 4.69) is 27.2 Å². The van der Waals surface area contributed by atoms with Gasteiger partial charge in [-0.25, -0.2) is 18.1 Å². The molecule has 3 rings (SSSR count). The summed E-state index contributed by atoms with van der Waals surface area (Å²) in [6.45, 7) is 5.73. The number of rotatable bonds is 5. The maximum Gasteiger partial charge on any atom is 0.216 e. The van der Waals surface area contributed by atoms with E-state index in [4.69, 9.17) is 0 Å². The smallest absolute Gasteiger partial charge is 0.216 e. The molecule has 1 aliphatic rings. The highest BCUT2D eigenvalue weighted by molar-refractivity contribution is 7.90. The molecule has 0 amide bonds. The molecule has 0 saturated heterocycles. The topological polar surface area (TPSA) is 71.1 Å². The van der Waals surface area contributed by atoms with Gasteiger partial charge >= 0.3 is 0 Å². The maximum atomic E-state index is 12.2. The fourth-order valence-corrected chi connectivity index (χ4v) is 4.20. The molecule has 142 valence electrons. The van der Waals surface area contributed by atoms with Crippen molar-refractivity contribution in [2.75, 3.05) is 11.9 Å². The standard InChI is InChI=1S/C20H29N3O2S/c1-20(2,3)26(24,25)21-14-15-8-11-17(12-9-15)22-19-13-10-16-6-4-5-7-18(16)23-19/h4-7,10,13,15,17,21H,8-9,11-12,14H2,1-3H3,(H,22,23). The number of sulfonamides is 1. The van der Waals surface area contributed by atoms with Crippen LogP contribution in [0.4, 0.5) is 5.82 Å². The van der Waals surface area contributed by atoms with Crippen LogP contribution in [-0.4, -0.2) is 30.7 Å². The van der Waals surface area contributed by atoms with Gasteiger partial charge in [0, 0.05) is 18.0 Å². The summed E-state index contributed by atoms with van der Waals surface area (Å²) in [5.74, 6) is 1.33. The Morgan fingerprint density at radius 3 is 2.42 bits per heavy atom. The van der Waals surface area contributed by atoms with Crippen LogP contribution in [-0.2, 0) is 10.0 Å². The van der Waals surface area contributed by atoms with Crippen molar-refractivity contribution in [1.29, 1.82) is 0 Å². The molecule has 2 N–H and O–H groups in total. The first-order chi connectivity index (χ1) is 12.2. The van der Waals surface area contributed by atoms with E-state index in [-0.39, 0.29) is 0 Å². The Bertz CT molecular complexity index is 851. The zero-order valence-corrected chi connectivity index (χ0v) is 16.6. The number of hydrogen-bond donors (Lipinski definition) is 2. The van der Waals surface area contributed by atoms with Crippen LogP contribution in [0.1, 0.15) is 46.5 Å². The van der Waals surface area contributed by atoms with Gasteiger partial charge in [0.2, 0.25) is 10.0 Å². The van der Waals surface area contributed by atoms with E-state index in [0.717, 1.165) is 42.4 Å². The third-order valence-electron chi connectivity index (χ3n) is 5.17. The van der Waals surface area contributed by atoms with Gasteiger partial charge in [0.15, 0.2) is 0 Å². The quantitative estimate of drug-likeness (QED) is 0.831. The first kappa shape index (κ1) is 19.1. The van der Waals surface area contributed by atoms with Crippen molar-refractivity contribution < 1.29 is 8.42 Å². The monoisotopic (exact) mass is 375 g/mol. The van der Waals surface area contributed by atoms with Gasteiger partial charge in [-0.2, -0.15) is 0 Å². The molecule has 26 heavy (non-hydrogen) atoms. The van der Waals surface area contributed by atoms with Crippen LogP contribution in [0.15, 0.2) is 36.4 Å². The third kappa shape index (κ3) is 4.54. The van der Waals surface area contributed by atoms with E-state index in [9.17, 15) is 8.42 Å². The highest BCUT2D eigenvalue weighted by Crippen LogP contribution is 2.27. The van der Waals surface area contributed by atoms with Crippen molar-refractivity contribution >= 4 is 26.7 Å². The third-order valence-corrected chi connectivity index (χ3v) is 7.32. The van der Waals surface area contributed by atoms with Gasteiger partial charge in [0.25, 0.3) is 0 Å². The summed E-state index contributed by atoms with van der Waals surface area (Å²) in [4.78, 5) is 4.68. The van der Waals surface area contributed by atoms with E-state index in [1.165, 1.54) is 0 Å². The highest BCUT2D eigenvalue weighted by atomic mass is 32.2. The van der Waals surface area contributed by atoms with Gasteiger partial charge in [0.05, 0.1) is 10.3 Å². The predicted molar refractivity (Wildman–Crippen MR) is 108 cm³/mol. The lowest BCUT2D eigenvalue weighted by molar-refractivity contribution is 0.336. The van der Waals surface area contributed by atoms with Gasteiger partial charge in [-0.1, -0.05) is 18.2 Å². The summed E-state index contributed by atoms with van der Waals surface area (Å²) < 4.78 is 26.4. The molecule has 5 nitrogen and oxygen atoms in total. The van der Waals surface area contributed by atoms with E-state index < -0.39 is 14.8 Å². The van der Waals surface area contributed by atoms with Crippen LogP contribution in [0.5, 0.6) is 0 Å². The van der Waals surface area contributed by atoms with E-state index in [0.29, 0.717) is 18.5 Å². The lowest BCUT2D eigenvalue weighted by Gasteiger charge is -2.30. The molecular formula is C20H29N3O2S. The van der Waals surface area contributed by atoms with Crippen molar-refractivity contribution in [3.05, 3.63) is 36.4 Å². The van der Waals surface area contributed by atoms with Crippen molar-refractivity contribution in [3.8, 4) is 0 Å². The second-order valence-electron chi connectivity index (χ2n) is 8.22. The Hall–Kier alpha value is -1.66. The molecule has 0 aliphatic heterocycles. The molecule has 1 saturated carbocycles. The summed E-state index contributed by atoms with van der Waals surface area (Å²) in [6.07, 6.45) is 4.13. The Morgan fingerprint density at radius 1 is 1.04 bits per heavy atom. The molecular weight excluding hydrogens is 346 g/mol. The van der Waals surface area contributed by atoms with Crippen LogP contribution in [0.2, 0.25) is 0 Å². The van der Waals surface area contributed by atoms with Crippen LogP contribution >= 0.6 is 0 Å². The number of pyridine rings is 1. The lowest BCUT2D eigenvalue weighted by Crippen LogP contribution is -2.42. The largest absolute Gasteiger partial charge is 0.367 e. The van der Waals surface area contributed by atoms with Crippen LogP contribution < -0.4 is 10.0 Å². The predicted octanol–water partition coefficient (Wildman–Crippen LogP) is 3.92. The average Bonchev–Trinajstić information content (AvgIpc) is 2.60. The zero-order chi connectivity index (χ0) is 18.8. The van der Waals surface area contributed by atoms with Crippen LogP contribution in [0, 0.1) is 5.92 Å². The highest BCUT2D eigenvalue weighted by Gasteiger charge is 2.30. The van der Waals surface area contributed by atoms with Crippen LogP contribution in [0.3, 0.4) is 0 Å². The molecule has 2 aromatic rings. The average molecular weight is 376 g/mol. The number of nitrogens with zero attached hydrogens (tertiary/aromatic N) is 1. The van der Waals surface area contributed by atoms with Gasteiger partial charge in [-0.15, -0.1) is 0 Å². The minimum atomic E-state index is -3.26. The fourth-order valence-electron chi connectivity index (χ4n) is 3.31. The van der Waals surface area contributed by atoms with Crippen LogP contribution in [0.25, 0.3) is 10.9 Å². The molecule has 0 radical (unpaired) electrons. The molecule has 6 heteroatoms. The molecule has 0 spiro atoms. The summed E-state index contributed by atoms with van der Waals surface area (Å²) in [5.41, 5.74) is 1.00. The molecule has 1 fully saturated rings. The number of aromatic nitrogens is 1. The Kier molecular flexibility index (Phi) is 5.53. The summed E-state index contributed by atoms with van der Waals surface area (Å²) in [5, 5.41) is 4.69. The minimum absolute atomic E-state index is 0.402. The first-order valence-electron chi connectivity index (χ1n) is 9.36. The molecule has 1 aliphatic carbocycles. The van der Waals surface area contributed by atoms with Gasteiger partial charge in [-0.05, 0) is 70.6 Å². The molecule has 1 aromatic heterocycles. The second kappa shape index (κ2) is 7.53. The molecule has 1 heterocycles. The van der Waals surface area contributed by atoms with Crippen molar-refractivity contribution in [2.45, 2.75) is 57.2 Å². The molecule has 1 aromatic carbocycles. The number of benzene rings is 1. The summed E-state index contributed by atoms with van der Waals surface area (Å²) in [6, 6.07) is 12.6. The minimum Gasteiger partial charge on any atom is -0.367 e. The van der Waals surface area contributed by atoms with Gasteiger partial charge in [-0.3, -0.25) is 0 Å². The second-order valence-corrected chi connectivity index (χ2v) is 10.7. The number of fused-ring (bicyclic) bond motifs is 1.